The zero-order chi connectivity index (χ0) is 12.3. The molecular formula is C12H10N2O3Se. The monoisotopic (exact) mass is 310 g/mol. The van der Waals surface area contributed by atoms with Gasteiger partial charge in [-0.3, -0.25) is 0 Å². The van der Waals surface area contributed by atoms with Crippen LogP contribution in [0.4, 0.5) is 0 Å². The number of ether oxygens (including phenoxy) is 3. The molecule has 4 rings (SSSR count). The van der Waals surface area contributed by atoms with Crippen LogP contribution in [0.3, 0.4) is 0 Å². The molecule has 0 saturated carbocycles. The molecule has 18 heavy (non-hydrogen) atoms. The summed E-state index contributed by atoms with van der Waals surface area (Å²) in [7, 11) is 0. The minimum absolute atomic E-state index is 0.0334. The van der Waals surface area contributed by atoms with E-state index in [-0.39, 0.29) is 26.9 Å². The van der Waals surface area contributed by atoms with Gasteiger partial charge in [-0.05, 0) is 0 Å². The Morgan fingerprint density at radius 1 is 1.28 bits per heavy atom. The third-order valence-electron chi connectivity index (χ3n) is 3.25. The van der Waals surface area contributed by atoms with Crippen molar-refractivity contribution in [2.24, 2.45) is 5.41 Å². The SMILES string of the molecule is CC1(C)C=C2OCOC2=C2OC=c3[se]nnc3=C21. The van der Waals surface area contributed by atoms with Gasteiger partial charge < -0.3 is 0 Å². The summed E-state index contributed by atoms with van der Waals surface area (Å²) in [6, 6.07) is 0. The summed E-state index contributed by atoms with van der Waals surface area (Å²) in [5, 5.41) is 5.22. The molecule has 6 heteroatoms. The molecule has 1 aromatic rings. The molecule has 1 saturated heterocycles. The molecule has 3 aliphatic rings. The number of hydrogen-bond acceptors (Lipinski definition) is 5. The maximum absolute atomic E-state index is 5.75. The zero-order valence-corrected chi connectivity index (χ0v) is 11.6. The van der Waals surface area contributed by atoms with Crippen molar-refractivity contribution >= 4 is 26.6 Å². The maximum atomic E-state index is 5.75. The van der Waals surface area contributed by atoms with Gasteiger partial charge in [0.1, 0.15) is 0 Å². The average molecular weight is 309 g/mol. The second kappa shape index (κ2) is 3.27. The van der Waals surface area contributed by atoms with Gasteiger partial charge in [-0.1, -0.05) is 0 Å². The van der Waals surface area contributed by atoms with Gasteiger partial charge in [-0.2, -0.15) is 0 Å². The molecule has 0 bridgehead atoms. The summed E-state index contributed by atoms with van der Waals surface area (Å²) in [5.41, 5.74) is 0.850. The molecule has 1 aliphatic carbocycles. The van der Waals surface area contributed by atoms with Crippen molar-refractivity contribution in [1.82, 2.24) is 9.19 Å². The molecule has 0 unspecified atom stereocenters. The van der Waals surface area contributed by atoms with Gasteiger partial charge in [0.25, 0.3) is 0 Å². The van der Waals surface area contributed by atoms with Crippen molar-refractivity contribution < 1.29 is 14.2 Å². The second-order valence-electron chi connectivity index (χ2n) is 4.89. The predicted octanol–water partition coefficient (Wildman–Crippen LogP) is -0.408. The Morgan fingerprint density at radius 2 is 2.17 bits per heavy atom. The normalized spacial score (nSPS) is 22.8. The van der Waals surface area contributed by atoms with Gasteiger partial charge in [0.15, 0.2) is 0 Å². The van der Waals surface area contributed by atoms with Gasteiger partial charge in [0, 0.05) is 0 Å². The van der Waals surface area contributed by atoms with Crippen molar-refractivity contribution in [3.63, 3.8) is 0 Å². The van der Waals surface area contributed by atoms with Crippen molar-refractivity contribution in [2.75, 3.05) is 6.79 Å². The molecule has 5 nitrogen and oxygen atoms in total. The number of rotatable bonds is 0. The Labute approximate surface area is 109 Å². The van der Waals surface area contributed by atoms with Gasteiger partial charge in [0.2, 0.25) is 0 Å². The first-order chi connectivity index (χ1) is 8.67. The predicted molar refractivity (Wildman–Crippen MR) is 63.1 cm³/mol. The van der Waals surface area contributed by atoms with Crippen LogP contribution in [0.15, 0.2) is 23.4 Å². The van der Waals surface area contributed by atoms with Crippen LogP contribution in [-0.4, -0.2) is 30.7 Å². The van der Waals surface area contributed by atoms with Crippen molar-refractivity contribution in [3.8, 4) is 0 Å². The van der Waals surface area contributed by atoms with E-state index >= 15 is 0 Å². The fraction of sp³-hybridized carbons (Fsp3) is 0.333. The first kappa shape index (κ1) is 10.4. The molecule has 0 aromatic carbocycles. The first-order valence-electron chi connectivity index (χ1n) is 5.60. The van der Waals surface area contributed by atoms with E-state index in [0.717, 1.165) is 26.5 Å². The molecule has 92 valence electrons. The van der Waals surface area contributed by atoms with E-state index in [4.69, 9.17) is 14.2 Å². The third kappa shape index (κ3) is 1.22. The van der Waals surface area contributed by atoms with Gasteiger partial charge in [0.05, 0.1) is 0 Å². The quantitative estimate of drug-likeness (QED) is 0.610. The van der Waals surface area contributed by atoms with E-state index in [9.17, 15) is 0 Å². The molecule has 0 radical (unpaired) electrons. The Balaban J connectivity index is 2.14. The number of nitrogens with zero attached hydrogens (tertiary/aromatic N) is 2. The Morgan fingerprint density at radius 3 is 3.06 bits per heavy atom. The molecular weight excluding hydrogens is 299 g/mol. The minimum atomic E-state index is -0.198. The van der Waals surface area contributed by atoms with Crippen LogP contribution in [0.2, 0.25) is 0 Å². The summed E-state index contributed by atoms with van der Waals surface area (Å²) >= 11 is 0.0334. The van der Waals surface area contributed by atoms with Crippen LogP contribution in [0, 0.1) is 5.41 Å². The van der Waals surface area contributed by atoms with E-state index in [1.807, 2.05) is 0 Å². The van der Waals surface area contributed by atoms with Gasteiger partial charge in [-0.25, -0.2) is 0 Å². The van der Waals surface area contributed by atoms with Crippen LogP contribution < -0.4 is 9.44 Å². The van der Waals surface area contributed by atoms with E-state index in [1.54, 1.807) is 6.26 Å². The average Bonchev–Trinajstić information content (AvgIpc) is 2.93. The number of fused-ring (bicyclic) bond motifs is 3. The summed E-state index contributed by atoms with van der Waals surface area (Å²) in [6.07, 6.45) is 3.80. The van der Waals surface area contributed by atoms with E-state index < -0.39 is 0 Å². The fourth-order valence-corrected chi connectivity index (χ4v) is 3.58. The van der Waals surface area contributed by atoms with E-state index in [0.29, 0.717) is 5.76 Å². The number of aromatic nitrogens is 2. The molecule has 3 heterocycles. The second-order valence-corrected chi connectivity index (χ2v) is 6.54. The van der Waals surface area contributed by atoms with Crippen LogP contribution in [-0.2, 0) is 14.2 Å². The third-order valence-corrected chi connectivity index (χ3v) is 4.61. The molecule has 0 N–H and O–H groups in total. The van der Waals surface area contributed by atoms with E-state index in [2.05, 4.69) is 29.1 Å². The van der Waals surface area contributed by atoms with Gasteiger partial charge in [-0.15, -0.1) is 0 Å². The Bertz CT molecular complexity index is 727. The van der Waals surface area contributed by atoms with Crippen LogP contribution in [0.5, 0.6) is 0 Å². The van der Waals surface area contributed by atoms with Crippen LogP contribution in [0.1, 0.15) is 13.8 Å². The number of allylic oxidation sites excluding steroid dienone is 2. The van der Waals surface area contributed by atoms with Crippen molar-refractivity contribution in [2.45, 2.75) is 13.8 Å². The molecule has 0 amide bonds. The molecule has 0 atom stereocenters. The summed E-state index contributed by atoms with van der Waals surface area (Å²) in [4.78, 5) is 0. The van der Waals surface area contributed by atoms with Gasteiger partial charge >= 0.3 is 109 Å². The molecule has 0 spiro atoms. The topological polar surface area (TPSA) is 53.5 Å². The Hall–Kier alpha value is -1.52. The molecule has 1 aromatic heterocycles. The summed E-state index contributed by atoms with van der Waals surface area (Å²) in [5.74, 6) is 2.17. The van der Waals surface area contributed by atoms with Crippen LogP contribution >= 0.6 is 0 Å². The summed E-state index contributed by atoms with van der Waals surface area (Å²) < 4.78 is 21.9. The summed E-state index contributed by atoms with van der Waals surface area (Å²) in [6.45, 7) is 4.48. The van der Waals surface area contributed by atoms with Crippen molar-refractivity contribution in [1.29, 1.82) is 0 Å². The first-order valence-corrected chi connectivity index (χ1v) is 7.22. The molecule has 1 fully saturated rings. The van der Waals surface area contributed by atoms with Crippen molar-refractivity contribution in [3.05, 3.63) is 32.8 Å². The molecule has 2 aliphatic heterocycles. The van der Waals surface area contributed by atoms with Crippen LogP contribution in [0.25, 0.3) is 11.8 Å². The van der Waals surface area contributed by atoms with E-state index in [1.165, 1.54) is 0 Å². The fourth-order valence-electron chi connectivity index (χ4n) is 2.47. The number of hydrogen-bond donors (Lipinski definition) is 0. The standard InChI is InChI=1S/C12H10N2O3Se/c1-12(2)3-6-10(17-5-16-6)11-8(12)9-7(4-15-11)18-14-13-9/h3-4H,5H2,1-2H3. The Kier molecular flexibility index (Phi) is 1.89. The zero-order valence-electron chi connectivity index (χ0n) is 9.89.